The van der Waals surface area contributed by atoms with Crippen LogP contribution >= 0.6 is 0 Å². The number of aromatic nitrogens is 2. The summed E-state index contributed by atoms with van der Waals surface area (Å²) in [7, 11) is 0. The van der Waals surface area contributed by atoms with Gasteiger partial charge in [-0.1, -0.05) is 18.2 Å². The molecule has 1 aliphatic rings. The number of carbonyl (C=O) groups is 2. The Kier molecular flexibility index (Phi) is 4.21. The molecule has 0 amide bonds. The molecule has 0 fully saturated rings. The molecule has 0 aliphatic heterocycles. The van der Waals surface area contributed by atoms with Crippen LogP contribution in [0.1, 0.15) is 28.0 Å². The maximum Gasteiger partial charge on any atom is 0.353 e. The molecule has 8 heteroatoms. The Morgan fingerprint density at radius 1 is 1.26 bits per heavy atom. The fraction of sp³-hybridized carbons (Fsp3) is 0.0870. The quantitative estimate of drug-likeness (QED) is 0.523. The van der Waals surface area contributed by atoms with Crippen molar-refractivity contribution < 1.29 is 23.5 Å². The lowest BCUT2D eigenvalue weighted by molar-refractivity contribution is -0.113. The predicted octanol–water partition coefficient (Wildman–Crippen LogP) is 3.87. The first-order chi connectivity index (χ1) is 15.0. The number of nitrogens with zero attached hydrogens (tertiary/aromatic N) is 1. The molecule has 1 aromatic carbocycles. The average molecular weight is 418 g/mol. The van der Waals surface area contributed by atoms with Gasteiger partial charge in [-0.05, 0) is 23.8 Å². The van der Waals surface area contributed by atoms with Crippen LogP contribution in [0, 0.1) is 5.82 Å². The summed E-state index contributed by atoms with van der Waals surface area (Å²) in [6, 6.07) is 5.67. The smallest absolute Gasteiger partial charge is 0.353 e. The number of ketones is 1. The molecule has 0 radical (unpaired) electrons. The second-order valence-electron chi connectivity index (χ2n) is 7.23. The van der Waals surface area contributed by atoms with E-state index in [1.54, 1.807) is 24.3 Å². The van der Waals surface area contributed by atoms with Gasteiger partial charge in [-0.3, -0.25) is 9.59 Å². The van der Waals surface area contributed by atoms with E-state index in [4.69, 9.17) is 4.42 Å². The number of H-pyrrole nitrogens is 1. The fourth-order valence-electron chi connectivity index (χ4n) is 4.09. The van der Waals surface area contributed by atoms with Gasteiger partial charge in [-0.25, -0.2) is 9.18 Å². The van der Waals surface area contributed by atoms with Gasteiger partial charge in [0, 0.05) is 36.4 Å². The molecule has 0 saturated heterocycles. The molecule has 0 atom stereocenters. The first kappa shape index (κ1) is 18.8. The molecular weight excluding hydrogens is 403 g/mol. The van der Waals surface area contributed by atoms with Crippen molar-refractivity contribution in [1.29, 1.82) is 0 Å². The van der Waals surface area contributed by atoms with Gasteiger partial charge >= 0.3 is 5.97 Å². The fourth-order valence-corrected chi connectivity index (χ4v) is 4.09. The number of pyridine rings is 1. The minimum atomic E-state index is -1.28. The molecule has 31 heavy (non-hydrogen) atoms. The minimum absolute atomic E-state index is 0.00891. The number of Topliss-reactive ketones (excluding diaryl/α,β-unsaturated/α-hetero) is 1. The molecule has 7 nitrogen and oxygen atoms in total. The molecule has 154 valence electrons. The second kappa shape index (κ2) is 6.94. The largest absolute Gasteiger partial charge is 0.477 e. The number of carboxylic acid groups (broad SMARTS) is 1. The molecule has 0 saturated carbocycles. The number of hydrogen-bond acceptors (Lipinski definition) is 4. The van der Waals surface area contributed by atoms with Crippen molar-refractivity contribution in [3.05, 3.63) is 87.9 Å². The Bertz CT molecular complexity index is 1520. The highest BCUT2D eigenvalue weighted by atomic mass is 19.1. The van der Waals surface area contributed by atoms with Crippen LogP contribution < -0.4 is 5.56 Å². The summed E-state index contributed by atoms with van der Waals surface area (Å²) in [5, 5.41) is 10.7. The number of fused-ring (bicyclic) bond motifs is 3. The maximum absolute atomic E-state index is 14.8. The van der Waals surface area contributed by atoms with E-state index in [2.05, 4.69) is 4.98 Å². The lowest BCUT2D eigenvalue weighted by Crippen LogP contribution is -2.14. The van der Waals surface area contributed by atoms with Crippen LogP contribution in [0.4, 0.5) is 4.39 Å². The molecule has 3 aromatic heterocycles. The van der Waals surface area contributed by atoms with E-state index in [0.717, 1.165) is 0 Å². The number of furan rings is 1. The lowest BCUT2D eigenvalue weighted by atomic mass is 9.93. The Hall–Kier alpha value is -4.20. The van der Waals surface area contributed by atoms with E-state index < -0.39 is 11.8 Å². The van der Waals surface area contributed by atoms with Crippen LogP contribution in [0.2, 0.25) is 0 Å². The van der Waals surface area contributed by atoms with E-state index in [1.807, 2.05) is 0 Å². The molecule has 0 unspecified atom stereocenters. The van der Waals surface area contributed by atoms with Crippen LogP contribution in [0.5, 0.6) is 0 Å². The molecule has 2 N–H and O–H groups in total. The van der Waals surface area contributed by atoms with Crippen molar-refractivity contribution in [2.45, 2.75) is 13.0 Å². The van der Waals surface area contributed by atoms with Crippen LogP contribution in [0.25, 0.3) is 27.4 Å². The molecule has 0 bridgehead atoms. The van der Waals surface area contributed by atoms with Crippen molar-refractivity contribution in [2.75, 3.05) is 0 Å². The van der Waals surface area contributed by atoms with Crippen LogP contribution in [0.3, 0.4) is 0 Å². The van der Waals surface area contributed by atoms with Gasteiger partial charge in [0.2, 0.25) is 5.56 Å². The first-order valence-electron chi connectivity index (χ1n) is 9.49. The minimum Gasteiger partial charge on any atom is -0.477 e. The topological polar surface area (TPSA) is 105 Å². The number of aromatic carboxylic acids is 1. The zero-order chi connectivity index (χ0) is 21.7. The second-order valence-corrected chi connectivity index (χ2v) is 7.23. The monoisotopic (exact) mass is 418 g/mol. The SMILES string of the molecule is O=C1CC=CC=C1c1c(C(=O)O)n(Cc2cc[nH]c(=O)c2)c2cc(F)c3ccoc3c12. The highest BCUT2D eigenvalue weighted by Gasteiger charge is 2.30. The number of rotatable bonds is 4. The third kappa shape index (κ3) is 2.92. The Labute approximate surface area is 173 Å². The van der Waals surface area contributed by atoms with Gasteiger partial charge in [0.15, 0.2) is 5.78 Å². The van der Waals surface area contributed by atoms with Crippen molar-refractivity contribution in [3.8, 4) is 0 Å². The summed E-state index contributed by atoms with van der Waals surface area (Å²) in [6.45, 7) is -0.00891. The predicted molar refractivity (Wildman–Crippen MR) is 112 cm³/mol. The Balaban J connectivity index is 1.93. The number of allylic oxidation sites excluding steroid dienone is 4. The van der Waals surface area contributed by atoms with Gasteiger partial charge < -0.3 is 19.1 Å². The number of benzene rings is 1. The molecule has 3 heterocycles. The van der Waals surface area contributed by atoms with Crippen LogP contribution in [-0.4, -0.2) is 26.4 Å². The van der Waals surface area contributed by atoms with Crippen LogP contribution in [0.15, 0.2) is 64.2 Å². The van der Waals surface area contributed by atoms with E-state index >= 15 is 0 Å². The summed E-state index contributed by atoms with van der Waals surface area (Å²) < 4.78 is 21.8. The summed E-state index contributed by atoms with van der Waals surface area (Å²) >= 11 is 0. The zero-order valence-corrected chi connectivity index (χ0v) is 16.0. The molecule has 4 aromatic rings. The van der Waals surface area contributed by atoms with Crippen molar-refractivity contribution in [3.63, 3.8) is 0 Å². The van der Waals surface area contributed by atoms with Crippen molar-refractivity contribution in [1.82, 2.24) is 9.55 Å². The molecule has 0 spiro atoms. The number of hydrogen-bond donors (Lipinski definition) is 2. The van der Waals surface area contributed by atoms with Crippen molar-refractivity contribution in [2.24, 2.45) is 0 Å². The van der Waals surface area contributed by atoms with Gasteiger partial charge in [0.05, 0.1) is 22.6 Å². The number of aromatic amines is 1. The summed E-state index contributed by atoms with van der Waals surface area (Å²) in [6.07, 6.45) is 7.84. The highest BCUT2D eigenvalue weighted by Crippen LogP contribution is 2.40. The van der Waals surface area contributed by atoms with Crippen LogP contribution in [-0.2, 0) is 11.3 Å². The van der Waals surface area contributed by atoms with E-state index in [9.17, 15) is 23.9 Å². The summed E-state index contributed by atoms with van der Waals surface area (Å²) in [4.78, 5) is 39.3. The normalized spacial score (nSPS) is 13.8. The highest BCUT2D eigenvalue weighted by molar-refractivity contribution is 6.29. The lowest BCUT2D eigenvalue weighted by Gasteiger charge is -2.11. The number of halogens is 1. The van der Waals surface area contributed by atoms with Gasteiger partial charge in [-0.15, -0.1) is 0 Å². The van der Waals surface area contributed by atoms with Gasteiger partial charge in [-0.2, -0.15) is 0 Å². The molecule has 1 aliphatic carbocycles. The standard InChI is InChI=1S/C23H15FN2O5/c24-15-10-16-20(22-13(15)6-8-31-22)19(14-3-1-2-4-17(14)27)21(23(29)30)26(16)11-12-5-7-25-18(28)9-12/h1-3,5-10H,4,11H2,(H,25,28)(H,29,30). The van der Waals surface area contributed by atoms with E-state index in [0.29, 0.717) is 10.9 Å². The summed E-state index contributed by atoms with van der Waals surface area (Å²) in [5.41, 5.74) is 0.838. The third-order valence-corrected chi connectivity index (χ3v) is 5.37. The number of carboxylic acids is 1. The number of carbonyl (C=O) groups excluding carboxylic acids is 1. The maximum atomic E-state index is 14.8. The molecule has 5 rings (SSSR count). The molecular formula is C23H15FN2O5. The van der Waals surface area contributed by atoms with E-state index in [1.165, 1.54) is 35.2 Å². The van der Waals surface area contributed by atoms with Gasteiger partial charge in [0.1, 0.15) is 17.1 Å². The Morgan fingerprint density at radius 3 is 2.84 bits per heavy atom. The Morgan fingerprint density at radius 2 is 2.10 bits per heavy atom. The summed E-state index contributed by atoms with van der Waals surface area (Å²) in [5.74, 6) is -2.10. The number of nitrogens with one attached hydrogen (secondary N) is 1. The third-order valence-electron chi connectivity index (χ3n) is 5.37. The van der Waals surface area contributed by atoms with Crippen molar-refractivity contribution >= 4 is 39.2 Å². The van der Waals surface area contributed by atoms with Gasteiger partial charge in [0.25, 0.3) is 0 Å². The first-order valence-corrected chi connectivity index (χ1v) is 9.49. The zero-order valence-electron chi connectivity index (χ0n) is 16.0. The van der Waals surface area contributed by atoms with E-state index in [-0.39, 0.29) is 57.6 Å². The average Bonchev–Trinajstić information content (AvgIpc) is 3.32.